The molecule has 0 bridgehead atoms. The number of nitrogens with zero attached hydrogens (tertiary/aromatic N) is 6. The van der Waals surface area contributed by atoms with Crippen molar-refractivity contribution in [2.24, 2.45) is 0 Å². The van der Waals surface area contributed by atoms with Crippen molar-refractivity contribution in [2.75, 3.05) is 59.4 Å². The molecule has 0 spiro atoms. The summed E-state index contributed by atoms with van der Waals surface area (Å²) in [5.41, 5.74) is 1.92. The van der Waals surface area contributed by atoms with E-state index in [0.29, 0.717) is 37.1 Å². The highest BCUT2D eigenvalue weighted by atomic mass is 35.5. The minimum Gasteiger partial charge on any atom is -0.355 e. The number of hydrogen-bond donors (Lipinski definition) is 2. The van der Waals surface area contributed by atoms with E-state index in [0.717, 1.165) is 49.2 Å². The molecule has 1 fully saturated rings. The summed E-state index contributed by atoms with van der Waals surface area (Å²) >= 11 is 6.91. The molecule has 0 aliphatic carbocycles. The molecule has 0 radical (unpaired) electrons. The van der Waals surface area contributed by atoms with Crippen LogP contribution in [0.25, 0.3) is 16.5 Å². The minimum atomic E-state index is -4.31. The molecule has 3 heterocycles. The summed E-state index contributed by atoms with van der Waals surface area (Å²) in [4.78, 5) is 63.4. The highest BCUT2D eigenvalue weighted by molar-refractivity contribution is 7.90. The number of likely N-dealkylation sites (N-methyl/N-ethyl adjacent to an activating group) is 1. The van der Waals surface area contributed by atoms with Crippen LogP contribution in [0.15, 0.2) is 89.8 Å². The van der Waals surface area contributed by atoms with Crippen LogP contribution < -0.4 is 10.0 Å². The number of carbonyl (C=O) groups is 4. The molecule has 2 aliphatic rings. The molecular weight excluding hydrogens is 828 g/mol. The van der Waals surface area contributed by atoms with E-state index in [9.17, 15) is 27.6 Å². The van der Waals surface area contributed by atoms with E-state index in [1.165, 1.54) is 35.0 Å². The fraction of sp³-hybridized carbons (Fsp3) is 0.370. The Morgan fingerprint density at radius 2 is 1.55 bits per heavy atom. The minimum absolute atomic E-state index is 0.0577. The quantitative estimate of drug-likeness (QED) is 0.170. The van der Waals surface area contributed by atoms with Gasteiger partial charge in [-0.1, -0.05) is 66.2 Å². The molecule has 0 unspecified atom stereocenters. The van der Waals surface area contributed by atoms with Crippen LogP contribution in [0.3, 0.4) is 0 Å². The second-order valence-corrected chi connectivity index (χ2v) is 19.0. The number of halogens is 1. The first-order valence-corrected chi connectivity index (χ1v) is 22.7. The highest BCUT2D eigenvalue weighted by Crippen LogP contribution is 2.30. The van der Waals surface area contributed by atoms with Gasteiger partial charge in [0.2, 0.25) is 5.91 Å². The highest BCUT2D eigenvalue weighted by Gasteiger charge is 2.34. The molecular formula is C46H53ClN8O6S. The van der Waals surface area contributed by atoms with E-state index in [1.54, 1.807) is 34.9 Å². The Balaban J connectivity index is 1.16. The van der Waals surface area contributed by atoms with Gasteiger partial charge in [0.25, 0.3) is 27.7 Å². The van der Waals surface area contributed by atoms with Gasteiger partial charge in [0.15, 0.2) is 5.69 Å². The summed E-state index contributed by atoms with van der Waals surface area (Å²) < 4.78 is 30.6. The van der Waals surface area contributed by atoms with Gasteiger partial charge in [-0.2, -0.15) is 5.10 Å². The third-order valence-corrected chi connectivity index (χ3v) is 13.4. The number of piperazine rings is 1. The van der Waals surface area contributed by atoms with Crippen LogP contribution in [0.1, 0.15) is 75.2 Å². The number of rotatable bonds is 12. The van der Waals surface area contributed by atoms with E-state index in [4.69, 9.17) is 11.6 Å². The average molecular weight is 881 g/mol. The SMILES string of the molecule is Cc1c(Cl)c(C(=O)N(CCC(=O)NCCN2CCN(C)CC2)C(C)(C)C)nn1-c1ccc(C(=O)NS(=O)(=O)c2ccc3ccccc3c2)cc1C(=O)N1CCc2ccccc2C1. The van der Waals surface area contributed by atoms with E-state index in [-0.39, 0.29) is 51.3 Å². The molecule has 326 valence electrons. The van der Waals surface area contributed by atoms with Crippen molar-refractivity contribution < 1.29 is 27.6 Å². The topological polar surface area (TPSA) is 157 Å². The third-order valence-electron chi connectivity index (χ3n) is 11.6. The Labute approximate surface area is 367 Å². The van der Waals surface area contributed by atoms with E-state index in [1.807, 2.05) is 57.2 Å². The molecule has 2 aliphatic heterocycles. The first-order chi connectivity index (χ1) is 29.5. The zero-order valence-electron chi connectivity index (χ0n) is 35.8. The summed E-state index contributed by atoms with van der Waals surface area (Å²) in [5, 5.41) is 9.27. The number of amides is 4. The Morgan fingerprint density at radius 3 is 2.27 bits per heavy atom. The number of hydrogen-bond acceptors (Lipinski definition) is 9. The lowest BCUT2D eigenvalue weighted by Crippen LogP contribution is -2.48. The van der Waals surface area contributed by atoms with E-state index >= 15 is 0 Å². The van der Waals surface area contributed by atoms with Gasteiger partial charge in [-0.05, 0) is 93.4 Å². The second kappa shape index (κ2) is 18.4. The average Bonchev–Trinajstić information content (AvgIpc) is 3.55. The first kappa shape index (κ1) is 44.4. The number of nitrogens with one attached hydrogen (secondary N) is 2. The molecule has 4 aromatic carbocycles. The van der Waals surface area contributed by atoms with Gasteiger partial charge in [-0.25, -0.2) is 17.8 Å². The number of carbonyl (C=O) groups excluding carboxylic acids is 4. The number of sulfonamides is 1. The molecule has 2 N–H and O–H groups in total. The number of fused-ring (bicyclic) bond motifs is 2. The summed E-state index contributed by atoms with van der Waals surface area (Å²) in [7, 11) is -2.21. The van der Waals surface area contributed by atoms with Gasteiger partial charge in [-0.15, -0.1) is 0 Å². The van der Waals surface area contributed by atoms with Gasteiger partial charge >= 0.3 is 0 Å². The van der Waals surface area contributed by atoms with Crippen molar-refractivity contribution in [3.05, 3.63) is 124 Å². The number of aromatic nitrogens is 2. The monoisotopic (exact) mass is 880 g/mol. The molecule has 0 atom stereocenters. The van der Waals surface area contributed by atoms with Gasteiger partial charge in [0.1, 0.15) is 0 Å². The van der Waals surface area contributed by atoms with E-state index in [2.05, 4.69) is 32.0 Å². The Hall–Kier alpha value is -5.61. The molecule has 7 rings (SSSR count). The van der Waals surface area contributed by atoms with Crippen LogP contribution in [0, 0.1) is 6.92 Å². The smallest absolute Gasteiger partial charge is 0.276 e. The van der Waals surface area contributed by atoms with Crippen LogP contribution in [0.4, 0.5) is 0 Å². The Morgan fingerprint density at radius 1 is 0.855 bits per heavy atom. The van der Waals surface area contributed by atoms with Gasteiger partial charge in [-0.3, -0.25) is 24.1 Å². The molecule has 62 heavy (non-hydrogen) atoms. The maximum Gasteiger partial charge on any atom is 0.276 e. The lowest BCUT2D eigenvalue weighted by Gasteiger charge is -2.35. The van der Waals surface area contributed by atoms with Crippen LogP contribution in [0.5, 0.6) is 0 Å². The molecule has 5 aromatic rings. The zero-order chi connectivity index (χ0) is 44.3. The second-order valence-electron chi connectivity index (χ2n) is 17.0. The summed E-state index contributed by atoms with van der Waals surface area (Å²) in [6.45, 7) is 13.2. The fourth-order valence-corrected chi connectivity index (χ4v) is 9.11. The molecule has 1 saturated heterocycles. The normalized spacial score (nSPS) is 15.0. The van der Waals surface area contributed by atoms with Gasteiger partial charge in [0, 0.05) is 76.4 Å². The van der Waals surface area contributed by atoms with Crippen LogP contribution >= 0.6 is 11.6 Å². The molecule has 0 saturated carbocycles. The maximum atomic E-state index is 14.6. The van der Waals surface area contributed by atoms with Crippen molar-refractivity contribution in [2.45, 2.75) is 57.5 Å². The van der Waals surface area contributed by atoms with Gasteiger partial charge in [0.05, 0.1) is 26.9 Å². The van der Waals surface area contributed by atoms with Crippen molar-refractivity contribution >= 4 is 56.0 Å². The summed E-state index contributed by atoms with van der Waals surface area (Å²) in [6.07, 6.45) is 0.685. The Bertz CT molecular complexity index is 2630. The zero-order valence-corrected chi connectivity index (χ0v) is 37.4. The van der Waals surface area contributed by atoms with Crippen molar-refractivity contribution in [1.82, 2.24) is 39.4 Å². The van der Waals surface area contributed by atoms with Crippen LogP contribution in [-0.4, -0.2) is 126 Å². The van der Waals surface area contributed by atoms with Crippen LogP contribution in [-0.2, 0) is 27.8 Å². The van der Waals surface area contributed by atoms with Crippen LogP contribution in [0.2, 0.25) is 5.02 Å². The van der Waals surface area contributed by atoms with E-state index < -0.39 is 33.3 Å². The van der Waals surface area contributed by atoms with Gasteiger partial charge < -0.3 is 20.0 Å². The molecule has 4 amide bonds. The fourth-order valence-electron chi connectivity index (χ4n) is 7.90. The predicted molar refractivity (Wildman–Crippen MR) is 239 cm³/mol. The lowest BCUT2D eigenvalue weighted by molar-refractivity contribution is -0.121. The first-order valence-electron chi connectivity index (χ1n) is 20.8. The van der Waals surface area contributed by atoms with Crippen molar-refractivity contribution in [3.63, 3.8) is 0 Å². The predicted octanol–water partition coefficient (Wildman–Crippen LogP) is 5.30. The third kappa shape index (κ3) is 9.86. The Kier molecular flexibility index (Phi) is 13.2. The largest absolute Gasteiger partial charge is 0.355 e. The maximum absolute atomic E-state index is 14.6. The summed E-state index contributed by atoms with van der Waals surface area (Å²) in [5.74, 6) is -2.02. The molecule has 16 heteroatoms. The van der Waals surface area contributed by atoms with Crippen molar-refractivity contribution in [3.8, 4) is 5.69 Å². The number of benzene rings is 4. The van der Waals surface area contributed by atoms with Crippen molar-refractivity contribution in [1.29, 1.82) is 0 Å². The lowest BCUT2D eigenvalue weighted by atomic mass is 9.98. The molecule has 14 nitrogen and oxygen atoms in total. The standard InChI is InChI=1S/C46H53ClN8O6S/c1-31-41(47)42(45(59)54(46(2,3)4)22-19-40(56)48-20-23-52-26-24-51(5)25-27-52)49-55(31)39-17-15-35(29-38(39)44(58)53-21-18-33-11-7-9-13-36(33)30-53)43(57)50-62(60,61)37-16-14-32-10-6-8-12-34(32)28-37/h6-17,28-29H,18-27,30H2,1-5H3,(H,48,56)(H,50,57). The molecule has 1 aromatic heterocycles. The summed E-state index contributed by atoms with van der Waals surface area (Å²) in [6, 6.07) is 24.0.